The van der Waals surface area contributed by atoms with Crippen LogP contribution in [0, 0.1) is 0 Å². The second-order valence-electron chi connectivity index (χ2n) is 6.80. The summed E-state index contributed by atoms with van der Waals surface area (Å²) in [4.78, 5) is 21.0. The molecular weight excluding hydrogens is 361 g/mol. The number of likely N-dealkylation sites (N-methyl/N-ethyl adjacent to an activating group) is 1. The number of amides is 2. The number of pyridine rings is 1. The summed E-state index contributed by atoms with van der Waals surface area (Å²) in [6.45, 7) is 2.10. The van der Waals surface area contributed by atoms with E-state index in [0.29, 0.717) is 38.3 Å². The standard InChI is InChI=1S/C17H19F3N6O/c1-23-7-8-25(16(23)27)13-9-22-26(11-13)12-4-6-24(10-12)15-14(17(18,19)20)3-2-5-21-15/h2-3,5,9,11-12H,4,6-8,10H2,1H3. The molecule has 0 bridgehead atoms. The summed E-state index contributed by atoms with van der Waals surface area (Å²) in [5, 5.41) is 4.34. The topological polar surface area (TPSA) is 57.5 Å². The zero-order chi connectivity index (χ0) is 19.2. The van der Waals surface area contributed by atoms with Crippen LogP contribution >= 0.6 is 0 Å². The van der Waals surface area contributed by atoms with E-state index in [-0.39, 0.29) is 17.9 Å². The molecule has 0 N–H and O–H groups in total. The van der Waals surface area contributed by atoms with Crippen LogP contribution in [0.2, 0.25) is 0 Å². The van der Waals surface area contributed by atoms with Crippen molar-refractivity contribution in [3.8, 4) is 0 Å². The number of carbonyl (C=O) groups excluding carboxylic acids is 1. The predicted molar refractivity (Wildman–Crippen MR) is 92.7 cm³/mol. The largest absolute Gasteiger partial charge is 0.419 e. The molecule has 1 atom stereocenters. The summed E-state index contributed by atoms with van der Waals surface area (Å²) in [5.41, 5.74) is -0.0193. The average Bonchev–Trinajstić information content (AvgIpc) is 3.35. The summed E-state index contributed by atoms with van der Waals surface area (Å²) >= 11 is 0. The van der Waals surface area contributed by atoms with Crippen molar-refractivity contribution in [2.24, 2.45) is 0 Å². The molecule has 1 unspecified atom stereocenters. The first-order valence-corrected chi connectivity index (χ1v) is 8.68. The maximum absolute atomic E-state index is 13.2. The molecule has 0 spiro atoms. The van der Waals surface area contributed by atoms with Gasteiger partial charge in [-0.3, -0.25) is 9.58 Å². The third-order valence-electron chi connectivity index (χ3n) is 5.05. The fraction of sp³-hybridized carbons (Fsp3) is 0.471. The van der Waals surface area contributed by atoms with E-state index in [1.165, 1.54) is 12.3 Å². The molecule has 2 saturated heterocycles. The molecule has 2 aromatic heterocycles. The average molecular weight is 380 g/mol. The van der Waals surface area contributed by atoms with Crippen molar-refractivity contribution in [1.29, 1.82) is 0 Å². The van der Waals surface area contributed by atoms with Crippen LogP contribution in [0.1, 0.15) is 18.0 Å². The predicted octanol–water partition coefficient (Wildman–Crippen LogP) is 2.62. The van der Waals surface area contributed by atoms with Gasteiger partial charge in [0.05, 0.1) is 23.5 Å². The van der Waals surface area contributed by atoms with Crippen molar-refractivity contribution in [1.82, 2.24) is 19.7 Å². The second-order valence-corrected chi connectivity index (χ2v) is 6.80. The zero-order valence-corrected chi connectivity index (χ0v) is 14.7. The molecule has 2 aliphatic rings. The van der Waals surface area contributed by atoms with E-state index in [1.807, 2.05) is 0 Å². The minimum absolute atomic E-state index is 0.0452. The summed E-state index contributed by atoms with van der Waals surface area (Å²) in [6.07, 6.45) is 1.00. The number of nitrogens with zero attached hydrogens (tertiary/aromatic N) is 6. The van der Waals surface area contributed by atoms with Crippen LogP contribution in [-0.2, 0) is 6.18 Å². The van der Waals surface area contributed by atoms with E-state index in [2.05, 4.69) is 10.1 Å². The number of hydrogen-bond acceptors (Lipinski definition) is 4. The highest BCUT2D eigenvalue weighted by atomic mass is 19.4. The van der Waals surface area contributed by atoms with Gasteiger partial charge >= 0.3 is 12.2 Å². The molecule has 0 saturated carbocycles. The second kappa shape index (κ2) is 6.43. The highest BCUT2D eigenvalue weighted by Gasteiger charge is 2.37. The number of rotatable bonds is 3. The Kier molecular flexibility index (Phi) is 4.20. The van der Waals surface area contributed by atoms with E-state index in [9.17, 15) is 18.0 Å². The Balaban J connectivity index is 1.51. The summed E-state index contributed by atoms with van der Waals surface area (Å²) in [6, 6.07) is 2.20. The molecule has 0 aromatic carbocycles. The number of hydrogen-bond donors (Lipinski definition) is 0. The van der Waals surface area contributed by atoms with Gasteiger partial charge in [-0.15, -0.1) is 0 Å². The van der Waals surface area contributed by atoms with Crippen LogP contribution < -0.4 is 9.80 Å². The number of aromatic nitrogens is 3. The van der Waals surface area contributed by atoms with Crippen molar-refractivity contribution < 1.29 is 18.0 Å². The van der Waals surface area contributed by atoms with Gasteiger partial charge in [0, 0.05) is 45.6 Å². The lowest BCUT2D eigenvalue weighted by Gasteiger charge is -2.21. The van der Waals surface area contributed by atoms with E-state index >= 15 is 0 Å². The monoisotopic (exact) mass is 380 g/mol. The Morgan fingerprint density at radius 2 is 2.04 bits per heavy atom. The van der Waals surface area contributed by atoms with Crippen molar-refractivity contribution >= 4 is 17.5 Å². The Bertz CT molecular complexity index is 851. The van der Waals surface area contributed by atoms with Gasteiger partial charge in [0.2, 0.25) is 0 Å². The molecule has 2 fully saturated rings. The molecule has 27 heavy (non-hydrogen) atoms. The van der Waals surface area contributed by atoms with Gasteiger partial charge in [-0.2, -0.15) is 18.3 Å². The molecule has 4 heterocycles. The van der Waals surface area contributed by atoms with E-state index in [4.69, 9.17) is 0 Å². The normalized spacial score (nSPS) is 20.8. The van der Waals surface area contributed by atoms with Crippen LogP contribution in [0.25, 0.3) is 0 Å². The number of carbonyl (C=O) groups is 1. The SMILES string of the molecule is CN1CCN(c2cnn(C3CCN(c4ncccc4C(F)(F)F)C3)c2)C1=O. The smallest absolute Gasteiger partial charge is 0.354 e. The van der Waals surface area contributed by atoms with Crippen LogP contribution in [0.3, 0.4) is 0 Å². The van der Waals surface area contributed by atoms with E-state index < -0.39 is 11.7 Å². The highest BCUT2D eigenvalue weighted by molar-refractivity contribution is 5.93. The molecule has 0 radical (unpaired) electrons. The number of halogens is 3. The Hall–Kier alpha value is -2.78. The van der Waals surface area contributed by atoms with Crippen molar-refractivity contribution in [2.45, 2.75) is 18.6 Å². The zero-order valence-electron chi connectivity index (χ0n) is 14.7. The van der Waals surface area contributed by atoms with Crippen molar-refractivity contribution in [2.75, 3.05) is 43.0 Å². The minimum Gasteiger partial charge on any atom is -0.354 e. The third kappa shape index (κ3) is 3.19. The molecule has 10 heteroatoms. The Morgan fingerprint density at radius 3 is 2.74 bits per heavy atom. The summed E-state index contributed by atoms with van der Waals surface area (Å²) < 4.78 is 41.5. The Labute approximate surface area is 154 Å². The van der Waals surface area contributed by atoms with E-state index in [1.54, 1.807) is 38.8 Å². The molecule has 2 amide bonds. The van der Waals surface area contributed by atoms with Crippen LogP contribution in [0.15, 0.2) is 30.7 Å². The minimum atomic E-state index is -4.44. The fourth-order valence-electron chi connectivity index (χ4n) is 3.57. The number of anilines is 2. The first-order chi connectivity index (χ1) is 12.8. The fourth-order valence-corrected chi connectivity index (χ4v) is 3.57. The lowest BCUT2D eigenvalue weighted by atomic mass is 10.2. The molecule has 0 aliphatic carbocycles. The lowest BCUT2D eigenvalue weighted by Crippen LogP contribution is -2.28. The van der Waals surface area contributed by atoms with Crippen molar-refractivity contribution in [3.05, 3.63) is 36.3 Å². The lowest BCUT2D eigenvalue weighted by molar-refractivity contribution is -0.137. The molecule has 144 valence electrons. The molecule has 4 rings (SSSR count). The van der Waals surface area contributed by atoms with Crippen LogP contribution in [0.4, 0.5) is 29.5 Å². The maximum atomic E-state index is 13.2. The highest BCUT2D eigenvalue weighted by Crippen LogP contribution is 2.37. The first-order valence-electron chi connectivity index (χ1n) is 8.68. The number of urea groups is 1. The Morgan fingerprint density at radius 1 is 1.22 bits per heavy atom. The van der Waals surface area contributed by atoms with Gasteiger partial charge in [0.25, 0.3) is 0 Å². The van der Waals surface area contributed by atoms with Crippen molar-refractivity contribution in [3.63, 3.8) is 0 Å². The van der Waals surface area contributed by atoms with Gasteiger partial charge < -0.3 is 9.80 Å². The van der Waals surface area contributed by atoms with Gasteiger partial charge in [-0.05, 0) is 18.6 Å². The third-order valence-corrected chi connectivity index (χ3v) is 5.05. The van der Waals surface area contributed by atoms with Gasteiger partial charge in [0.15, 0.2) is 0 Å². The van der Waals surface area contributed by atoms with Gasteiger partial charge in [-0.25, -0.2) is 9.78 Å². The van der Waals surface area contributed by atoms with Gasteiger partial charge in [-0.1, -0.05) is 0 Å². The van der Waals surface area contributed by atoms with Crippen LogP contribution in [-0.4, -0.2) is 58.9 Å². The summed E-state index contributed by atoms with van der Waals surface area (Å²) in [5.74, 6) is -0.0452. The van der Waals surface area contributed by atoms with E-state index in [0.717, 1.165) is 6.07 Å². The molecule has 2 aromatic rings. The first kappa shape index (κ1) is 17.6. The molecule has 7 nitrogen and oxygen atoms in total. The van der Waals surface area contributed by atoms with Crippen LogP contribution in [0.5, 0.6) is 0 Å². The van der Waals surface area contributed by atoms with Gasteiger partial charge in [0.1, 0.15) is 5.82 Å². The quantitative estimate of drug-likeness (QED) is 0.822. The number of alkyl halides is 3. The maximum Gasteiger partial charge on any atom is 0.419 e. The molecular formula is C17H19F3N6O. The molecule has 2 aliphatic heterocycles. The summed E-state index contributed by atoms with van der Waals surface area (Å²) in [7, 11) is 1.74.